The van der Waals surface area contributed by atoms with Crippen LogP contribution in [0.5, 0.6) is 0 Å². The number of benzene rings is 1. The second-order valence-corrected chi connectivity index (χ2v) is 7.56. The molecule has 0 radical (unpaired) electrons. The summed E-state index contributed by atoms with van der Waals surface area (Å²) in [7, 11) is 0. The van der Waals surface area contributed by atoms with Crippen LogP contribution in [0.2, 0.25) is 0 Å². The summed E-state index contributed by atoms with van der Waals surface area (Å²) in [6.45, 7) is 7.76. The molecule has 1 amide bonds. The summed E-state index contributed by atoms with van der Waals surface area (Å²) in [6, 6.07) is 7.00. The van der Waals surface area contributed by atoms with E-state index >= 15 is 0 Å². The highest BCUT2D eigenvalue weighted by atomic mass is 16.4. The fourth-order valence-electron chi connectivity index (χ4n) is 3.30. The van der Waals surface area contributed by atoms with Gasteiger partial charge in [0, 0.05) is 18.5 Å². The van der Waals surface area contributed by atoms with Gasteiger partial charge in [-0.15, -0.1) is 0 Å². The summed E-state index contributed by atoms with van der Waals surface area (Å²) in [4.78, 5) is 37.1. The van der Waals surface area contributed by atoms with Gasteiger partial charge in [0.1, 0.15) is 11.3 Å². The van der Waals surface area contributed by atoms with Gasteiger partial charge < -0.3 is 9.73 Å². The Balaban J connectivity index is 1.95. The zero-order chi connectivity index (χ0) is 18.4. The van der Waals surface area contributed by atoms with Crippen LogP contribution in [0.3, 0.4) is 0 Å². The number of fused-ring (bicyclic) bond motifs is 1. The fraction of sp³-hybridized carbons (Fsp3) is 0.350. The maximum atomic E-state index is 12.5. The molecule has 130 valence electrons. The van der Waals surface area contributed by atoms with Crippen LogP contribution in [0, 0.1) is 19.3 Å². The molecule has 1 N–H and O–H groups in total. The first-order valence-corrected chi connectivity index (χ1v) is 8.24. The lowest BCUT2D eigenvalue weighted by Gasteiger charge is -2.28. The Bertz CT molecular complexity index is 917. The first kappa shape index (κ1) is 17.1. The molecule has 1 aromatic carbocycles. The van der Waals surface area contributed by atoms with E-state index in [1.165, 1.54) is 6.07 Å². The molecule has 3 rings (SSSR count). The molecule has 0 fully saturated rings. The number of anilines is 1. The van der Waals surface area contributed by atoms with E-state index in [2.05, 4.69) is 5.32 Å². The minimum Gasteiger partial charge on any atom is -0.427 e. The van der Waals surface area contributed by atoms with Crippen molar-refractivity contribution in [3.05, 3.63) is 62.7 Å². The normalized spacial score (nSPS) is 15.6. The number of hydrogen-bond donors (Lipinski definition) is 1. The topological polar surface area (TPSA) is 76.4 Å². The Hall–Kier alpha value is -2.69. The van der Waals surface area contributed by atoms with Crippen molar-refractivity contribution in [1.82, 2.24) is 0 Å². The molecule has 1 aromatic heterocycles. The molecule has 1 aliphatic carbocycles. The lowest BCUT2D eigenvalue weighted by atomic mass is 9.76. The third-order valence-electron chi connectivity index (χ3n) is 4.33. The molecule has 0 bridgehead atoms. The molecule has 1 heterocycles. The van der Waals surface area contributed by atoms with E-state index in [0.717, 1.165) is 11.1 Å². The molecular formula is C20H21NO4. The van der Waals surface area contributed by atoms with Gasteiger partial charge in [-0.25, -0.2) is 4.79 Å². The van der Waals surface area contributed by atoms with E-state index in [4.69, 9.17) is 4.42 Å². The molecule has 1 aliphatic rings. The first-order chi connectivity index (χ1) is 11.6. The smallest absolute Gasteiger partial charge is 0.348 e. The molecule has 0 spiro atoms. The SMILES string of the molecule is Cc1cc(C)cc(NC(=O)c2cc3c(oc2=O)CC(C)(C)CC3=O)c1. The van der Waals surface area contributed by atoms with E-state index in [-0.39, 0.29) is 16.8 Å². The summed E-state index contributed by atoms with van der Waals surface area (Å²) in [5.74, 6) is -0.302. The van der Waals surface area contributed by atoms with Gasteiger partial charge in [-0.1, -0.05) is 19.9 Å². The Kier molecular flexibility index (Phi) is 4.11. The Morgan fingerprint density at radius 2 is 1.68 bits per heavy atom. The minimum atomic E-state index is -0.717. The van der Waals surface area contributed by atoms with Crippen molar-refractivity contribution in [3.63, 3.8) is 0 Å². The molecular weight excluding hydrogens is 318 g/mol. The number of ketones is 1. The molecule has 5 nitrogen and oxygen atoms in total. The average Bonchev–Trinajstić information content (AvgIpc) is 2.43. The number of rotatable bonds is 2. The van der Waals surface area contributed by atoms with Gasteiger partial charge in [0.2, 0.25) is 0 Å². The van der Waals surface area contributed by atoms with Gasteiger partial charge in [0.15, 0.2) is 5.78 Å². The van der Waals surface area contributed by atoms with Crippen LogP contribution in [0.4, 0.5) is 5.69 Å². The average molecular weight is 339 g/mol. The highest BCUT2D eigenvalue weighted by Crippen LogP contribution is 2.34. The van der Waals surface area contributed by atoms with E-state index < -0.39 is 11.5 Å². The summed E-state index contributed by atoms with van der Waals surface area (Å²) >= 11 is 0. The lowest BCUT2D eigenvalue weighted by molar-refractivity contribution is 0.0897. The van der Waals surface area contributed by atoms with Gasteiger partial charge in [-0.2, -0.15) is 0 Å². The highest BCUT2D eigenvalue weighted by molar-refractivity contribution is 6.06. The third-order valence-corrected chi connectivity index (χ3v) is 4.33. The monoisotopic (exact) mass is 339 g/mol. The number of hydrogen-bond acceptors (Lipinski definition) is 4. The van der Waals surface area contributed by atoms with Gasteiger partial charge in [-0.05, 0) is 48.6 Å². The van der Waals surface area contributed by atoms with Crippen LogP contribution in [-0.2, 0) is 6.42 Å². The fourth-order valence-corrected chi connectivity index (χ4v) is 3.30. The number of carbonyl (C=O) groups is 2. The first-order valence-electron chi connectivity index (χ1n) is 8.24. The van der Waals surface area contributed by atoms with Crippen molar-refractivity contribution < 1.29 is 14.0 Å². The van der Waals surface area contributed by atoms with E-state index in [1.54, 1.807) is 0 Å². The lowest BCUT2D eigenvalue weighted by Crippen LogP contribution is -2.30. The van der Waals surface area contributed by atoms with Gasteiger partial charge in [0.25, 0.3) is 5.91 Å². The van der Waals surface area contributed by atoms with Crippen LogP contribution in [0.1, 0.15) is 57.9 Å². The molecule has 0 atom stereocenters. The summed E-state index contributed by atoms with van der Waals surface area (Å²) < 4.78 is 5.31. The van der Waals surface area contributed by atoms with Crippen molar-refractivity contribution >= 4 is 17.4 Å². The zero-order valence-corrected chi connectivity index (χ0v) is 14.9. The third kappa shape index (κ3) is 3.55. The van der Waals surface area contributed by atoms with Crippen LogP contribution in [-0.4, -0.2) is 11.7 Å². The molecule has 2 aromatic rings. The maximum Gasteiger partial charge on any atom is 0.348 e. The maximum absolute atomic E-state index is 12.5. The summed E-state index contributed by atoms with van der Waals surface area (Å²) in [6.07, 6.45) is 0.869. The van der Waals surface area contributed by atoms with Crippen molar-refractivity contribution in [2.24, 2.45) is 5.41 Å². The van der Waals surface area contributed by atoms with Crippen LogP contribution in [0.15, 0.2) is 33.5 Å². The predicted octanol–water partition coefficient (Wildman–Crippen LogP) is 3.66. The van der Waals surface area contributed by atoms with Gasteiger partial charge in [0.05, 0.1) is 5.56 Å². The highest BCUT2D eigenvalue weighted by Gasteiger charge is 2.34. The van der Waals surface area contributed by atoms with E-state index in [1.807, 2.05) is 45.9 Å². The number of Topliss-reactive ketones (excluding diaryl/α,β-unsaturated/α-hetero) is 1. The molecule has 0 saturated heterocycles. The van der Waals surface area contributed by atoms with Crippen LogP contribution < -0.4 is 10.9 Å². The molecule has 0 unspecified atom stereocenters. The predicted molar refractivity (Wildman–Crippen MR) is 95.3 cm³/mol. The van der Waals surface area contributed by atoms with Gasteiger partial charge >= 0.3 is 5.63 Å². The number of carbonyl (C=O) groups excluding carboxylic acids is 2. The minimum absolute atomic E-state index is 0.101. The molecule has 0 saturated carbocycles. The van der Waals surface area contributed by atoms with E-state index in [0.29, 0.717) is 29.9 Å². The second-order valence-electron chi connectivity index (χ2n) is 7.56. The summed E-state index contributed by atoms with van der Waals surface area (Å²) in [5, 5.41) is 2.71. The summed E-state index contributed by atoms with van der Waals surface area (Å²) in [5.41, 5.74) is 1.84. The quantitative estimate of drug-likeness (QED) is 0.906. The number of amides is 1. The molecule has 0 aliphatic heterocycles. The number of aryl methyl sites for hydroxylation is 2. The second kappa shape index (κ2) is 5.99. The van der Waals surface area contributed by atoms with Crippen molar-refractivity contribution in [2.75, 3.05) is 5.32 Å². The largest absolute Gasteiger partial charge is 0.427 e. The molecule has 5 heteroatoms. The molecule has 25 heavy (non-hydrogen) atoms. The number of nitrogens with one attached hydrogen (secondary N) is 1. The van der Waals surface area contributed by atoms with Crippen LogP contribution >= 0.6 is 0 Å². The van der Waals surface area contributed by atoms with Crippen molar-refractivity contribution in [1.29, 1.82) is 0 Å². The van der Waals surface area contributed by atoms with E-state index in [9.17, 15) is 14.4 Å². The van der Waals surface area contributed by atoms with Crippen LogP contribution in [0.25, 0.3) is 0 Å². The van der Waals surface area contributed by atoms with Gasteiger partial charge in [-0.3, -0.25) is 9.59 Å². The zero-order valence-electron chi connectivity index (χ0n) is 14.9. The van der Waals surface area contributed by atoms with Crippen molar-refractivity contribution in [3.8, 4) is 0 Å². The van der Waals surface area contributed by atoms with Crippen molar-refractivity contribution in [2.45, 2.75) is 40.5 Å². The Labute approximate surface area is 146 Å². The standard InChI is InChI=1S/C20H21NO4/c1-11-5-12(2)7-13(6-11)21-18(23)15-8-14-16(22)9-20(3,4)10-17(14)25-19(15)24/h5-8H,9-10H2,1-4H3,(H,21,23). The Morgan fingerprint density at radius 1 is 1.04 bits per heavy atom. The Morgan fingerprint density at radius 3 is 2.32 bits per heavy atom.